The van der Waals surface area contributed by atoms with Gasteiger partial charge in [-0.25, -0.2) is 4.98 Å². The van der Waals surface area contributed by atoms with E-state index in [4.69, 9.17) is 0 Å². The van der Waals surface area contributed by atoms with Gasteiger partial charge in [0, 0.05) is 44.0 Å². The molecule has 7 nitrogen and oxygen atoms in total. The van der Waals surface area contributed by atoms with Gasteiger partial charge >= 0.3 is 0 Å². The number of carbonyl (C=O) groups is 1. The Morgan fingerprint density at radius 2 is 2.08 bits per heavy atom. The molecule has 2 aromatic rings. The summed E-state index contributed by atoms with van der Waals surface area (Å²) in [4.78, 5) is 20.8. The Labute approximate surface area is 139 Å². The highest BCUT2D eigenvalue weighted by Crippen LogP contribution is 2.39. The lowest BCUT2D eigenvalue weighted by Gasteiger charge is -2.35. The van der Waals surface area contributed by atoms with Crippen LogP contribution in [0.3, 0.4) is 0 Å². The van der Waals surface area contributed by atoms with Gasteiger partial charge in [-0.1, -0.05) is 0 Å². The van der Waals surface area contributed by atoms with Gasteiger partial charge in [0.15, 0.2) is 0 Å². The van der Waals surface area contributed by atoms with Crippen LogP contribution in [0, 0.1) is 11.3 Å². The van der Waals surface area contributed by atoms with E-state index >= 15 is 0 Å². The number of piperazine rings is 1. The number of aromatic nitrogens is 3. The third kappa shape index (κ3) is 2.71. The Bertz CT molecular complexity index is 795. The summed E-state index contributed by atoms with van der Waals surface area (Å²) in [5.41, 5.74) is 2.14. The molecule has 1 aliphatic heterocycles. The van der Waals surface area contributed by atoms with Crippen molar-refractivity contribution in [3.05, 3.63) is 41.3 Å². The van der Waals surface area contributed by atoms with E-state index in [1.165, 1.54) is 12.8 Å². The fourth-order valence-electron chi connectivity index (χ4n) is 3.07. The molecule has 1 N–H and O–H groups in total. The number of aromatic amines is 1. The zero-order chi connectivity index (χ0) is 16.5. The van der Waals surface area contributed by atoms with Crippen molar-refractivity contribution >= 4 is 11.7 Å². The summed E-state index contributed by atoms with van der Waals surface area (Å²) in [5, 5.41) is 16.4. The number of anilines is 1. The largest absolute Gasteiger partial charge is 0.352 e. The molecule has 0 radical (unpaired) electrons. The highest BCUT2D eigenvalue weighted by Gasteiger charge is 2.29. The van der Waals surface area contributed by atoms with Crippen LogP contribution in [0.4, 0.5) is 5.82 Å². The fourth-order valence-corrected chi connectivity index (χ4v) is 3.07. The van der Waals surface area contributed by atoms with Crippen LogP contribution in [0.1, 0.15) is 40.5 Å². The monoisotopic (exact) mass is 322 g/mol. The molecule has 3 heterocycles. The van der Waals surface area contributed by atoms with Crippen LogP contribution < -0.4 is 4.90 Å². The summed E-state index contributed by atoms with van der Waals surface area (Å²) in [6.07, 6.45) is 4.05. The Morgan fingerprint density at radius 3 is 2.79 bits per heavy atom. The maximum atomic E-state index is 12.6. The highest BCUT2D eigenvalue weighted by molar-refractivity contribution is 5.92. The van der Waals surface area contributed by atoms with Crippen LogP contribution in [0.25, 0.3) is 0 Å². The number of pyridine rings is 1. The number of carbonyl (C=O) groups excluding carboxylic acids is 1. The molecule has 2 fully saturated rings. The molecule has 24 heavy (non-hydrogen) atoms. The van der Waals surface area contributed by atoms with Crippen molar-refractivity contribution < 1.29 is 4.79 Å². The second kappa shape index (κ2) is 5.96. The molecule has 1 aliphatic carbocycles. The van der Waals surface area contributed by atoms with Crippen molar-refractivity contribution in [3.63, 3.8) is 0 Å². The second-order valence-corrected chi connectivity index (χ2v) is 6.25. The number of hydrogen-bond acceptors (Lipinski definition) is 5. The molecule has 0 unspecified atom stereocenters. The Kier molecular flexibility index (Phi) is 3.65. The molecule has 7 heteroatoms. The summed E-state index contributed by atoms with van der Waals surface area (Å²) < 4.78 is 0. The van der Waals surface area contributed by atoms with Crippen LogP contribution in [-0.2, 0) is 0 Å². The number of nitrogens with zero attached hydrogens (tertiary/aromatic N) is 5. The number of H-pyrrole nitrogens is 1. The summed E-state index contributed by atoms with van der Waals surface area (Å²) in [6, 6.07) is 7.59. The molecule has 2 aromatic heterocycles. The maximum absolute atomic E-state index is 12.6. The van der Waals surface area contributed by atoms with Crippen molar-refractivity contribution in [1.82, 2.24) is 20.1 Å². The number of nitriles is 1. The molecule has 0 bridgehead atoms. The van der Waals surface area contributed by atoms with Gasteiger partial charge in [0.2, 0.25) is 0 Å². The first kappa shape index (κ1) is 14.7. The van der Waals surface area contributed by atoms with E-state index < -0.39 is 0 Å². The third-order valence-electron chi connectivity index (χ3n) is 4.61. The van der Waals surface area contributed by atoms with Gasteiger partial charge in [0.1, 0.15) is 17.6 Å². The van der Waals surface area contributed by atoms with Gasteiger partial charge in [-0.2, -0.15) is 10.4 Å². The van der Waals surface area contributed by atoms with Gasteiger partial charge in [-0.3, -0.25) is 9.89 Å². The molecule has 0 atom stereocenters. The van der Waals surface area contributed by atoms with E-state index in [1.807, 2.05) is 11.0 Å². The quantitative estimate of drug-likeness (QED) is 0.925. The summed E-state index contributed by atoms with van der Waals surface area (Å²) >= 11 is 0. The second-order valence-electron chi connectivity index (χ2n) is 6.25. The predicted octanol–water partition coefficient (Wildman–Crippen LogP) is 1.52. The first-order valence-electron chi connectivity index (χ1n) is 8.21. The number of nitrogens with one attached hydrogen (secondary N) is 1. The standard InChI is InChI=1S/C17H18N6O/c18-11-13-2-1-5-19-16(13)22-6-8-23(9-7-22)17(24)15-10-14(20-21-15)12-3-4-12/h1-2,5,10,12H,3-4,6-9H2,(H,20,21). The van der Waals surface area contributed by atoms with Crippen molar-refractivity contribution in [1.29, 1.82) is 5.26 Å². The van der Waals surface area contributed by atoms with Gasteiger partial charge in [-0.05, 0) is 31.0 Å². The topological polar surface area (TPSA) is 88.9 Å². The minimum atomic E-state index is -0.0284. The third-order valence-corrected chi connectivity index (χ3v) is 4.61. The van der Waals surface area contributed by atoms with Gasteiger partial charge in [0.05, 0.1) is 5.56 Å². The molecule has 122 valence electrons. The van der Waals surface area contributed by atoms with Crippen LogP contribution in [-0.4, -0.2) is 52.2 Å². The van der Waals surface area contributed by atoms with Gasteiger partial charge < -0.3 is 9.80 Å². The Morgan fingerprint density at radius 1 is 1.29 bits per heavy atom. The molecule has 1 saturated carbocycles. The van der Waals surface area contributed by atoms with Gasteiger partial charge in [0.25, 0.3) is 5.91 Å². The van der Waals surface area contributed by atoms with Gasteiger partial charge in [-0.15, -0.1) is 0 Å². The number of hydrogen-bond donors (Lipinski definition) is 1. The molecule has 0 aromatic carbocycles. The minimum absolute atomic E-state index is 0.0284. The molecule has 0 spiro atoms. The van der Waals surface area contributed by atoms with E-state index in [0.717, 1.165) is 5.69 Å². The van der Waals surface area contributed by atoms with E-state index in [2.05, 4.69) is 26.2 Å². The smallest absolute Gasteiger partial charge is 0.274 e. The average Bonchev–Trinajstić information content (AvgIpc) is 3.38. The zero-order valence-corrected chi connectivity index (χ0v) is 13.3. The molecular formula is C17H18N6O. The first-order valence-corrected chi connectivity index (χ1v) is 8.21. The summed E-state index contributed by atoms with van der Waals surface area (Å²) in [6.45, 7) is 2.53. The zero-order valence-electron chi connectivity index (χ0n) is 13.3. The predicted molar refractivity (Wildman–Crippen MR) is 87.6 cm³/mol. The van der Waals surface area contributed by atoms with Crippen LogP contribution in [0.2, 0.25) is 0 Å². The van der Waals surface area contributed by atoms with Crippen LogP contribution in [0.5, 0.6) is 0 Å². The van der Waals surface area contributed by atoms with Crippen molar-refractivity contribution in [3.8, 4) is 6.07 Å². The first-order chi connectivity index (χ1) is 11.8. The fraction of sp³-hybridized carbons (Fsp3) is 0.412. The lowest BCUT2D eigenvalue weighted by Crippen LogP contribution is -2.49. The highest BCUT2D eigenvalue weighted by atomic mass is 16.2. The van der Waals surface area contributed by atoms with E-state index in [9.17, 15) is 10.1 Å². The SMILES string of the molecule is N#Cc1cccnc1N1CCN(C(=O)c2cc(C3CC3)[nH]n2)CC1. The molecular weight excluding hydrogens is 304 g/mol. The average molecular weight is 322 g/mol. The van der Waals surface area contributed by atoms with Crippen molar-refractivity contribution in [2.75, 3.05) is 31.1 Å². The van der Waals surface area contributed by atoms with Crippen LogP contribution >= 0.6 is 0 Å². The minimum Gasteiger partial charge on any atom is -0.352 e. The summed E-state index contributed by atoms with van der Waals surface area (Å²) in [7, 11) is 0. The Hall–Kier alpha value is -2.88. The molecule has 4 rings (SSSR count). The van der Waals surface area contributed by atoms with Crippen molar-refractivity contribution in [2.45, 2.75) is 18.8 Å². The van der Waals surface area contributed by atoms with E-state index in [1.54, 1.807) is 18.3 Å². The lowest BCUT2D eigenvalue weighted by atomic mass is 10.2. The summed E-state index contributed by atoms with van der Waals surface area (Å²) in [5.74, 6) is 1.23. The van der Waals surface area contributed by atoms with Crippen LogP contribution in [0.15, 0.2) is 24.4 Å². The number of amides is 1. The van der Waals surface area contributed by atoms with E-state index in [0.29, 0.717) is 49.2 Å². The van der Waals surface area contributed by atoms with E-state index in [-0.39, 0.29) is 5.91 Å². The molecule has 1 amide bonds. The molecule has 2 aliphatic rings. The normalized spacial score (nSPS) is 17.6. The number of rotatable bonds is 3. The maximum Gasteiger partial charge on any atom is 0.274 e. The van der Waals surface area contributed by atoms with Crippen molar-refractivity contribution in [2.24, 2.45) is 0 Å². The Balaban J connectivity index is 1.42. The molecule has 1 saturated heterocycles. The lowest BCUT2D eigenvalue weighted by molar-refractivity contribution is 0.0740.